The van der Waals surface area contributed by atoms with Crippen LogP contribution in [0.2, 0.25) is 0 Å². The largest absolute Gasteiger partial charge is 0.481 e. The van der Waals surface area contributed by atoms with Gasteiger partial charge in [0.1, 0.15) is 24.4 Å². The zero-order valence-electron chi connectivity index (χ0n) is 39.0. The number of nitrogens with one attached hydrogen (secondary N) is 1. The molecule has 1 saturated heterocycles. The molecule has 9 unspecified atom stereocenters. The lowest BCUT2D eigenvalue weighted by Gasteiger charge is -2.43. The number of aliphatic hydroxyl groups excluding tert-OH is 3. The van der Waals surface area contributed by atoms with Crippen LogP contribution in [-0.2, 0) is 39.8 Å². The number of primary amides is 1. The fourth-order valence-electron chi connectivity index (χ4n) is 8.02. The predicted molar refractivity (Wildman–Crippen MR) is 242 cm³/mol. The summed E-state index contributed by atoms with van der Waals surface area (Å²) in [5.74, 6) is -3.87. The molecule has 1 heterocycles. The van der Waals surface area contributed by atoms with Crippen molar-refractivity contribution in [1.29, 1.82) is 0 Å². The van der Waals surface area contributed by atoms with Gasteiger partial charge < -0.3 is 50.4 Å². The molecule has 1 aromatic carbocycles. The number of carbonyl (C=O) groups is 3. The Morgan fingerprint density at radius 3 is 1.85 bits per heavy atom. The van der Waals surface area contributed by atoms with Gasteiger partial charge in [0.15, 0.2) is 6.29 Å². The van der Waals surface area contributed by atoms with Crippen molar-refractivity contribution < 1.29 is 53.8 Å². The summed E-state index contributed by atoms with van der Waals surface area (Å²) in [6, 6.07) is 9.58. The van der Waals surface area contributed by atoms with E-state index >= 15 is 0 Å². The summed E-state index contributed by atoms with van der Waals surface area (Å²) >= 11 is 0. The molecule has 13 heteroatoms. The van der Waals surface area contributed by atoms with E-state index in [1.807, 2.05) is 51.1 Å². The number of carboxylic acids is 1. The van der Waals surface area contributed by atoms with Gasteiger partial charge >= 0.3 is 5.97 Å². The minimum atomic E-state index is -1.50. The molecule has 358 valence electrons. The van der Waals surface area contributed by atoms with Crippen molar-refractivity contribution in [3.8, 4) is 0 Å². The van der Waals surface area contributed by atoms with E-state index in [1.54, 1.807) is 6.92 Å². The highest BCUT2D eigenvalue weighted by atomic mass is 16.7. The van der Waals surface area contributed by atoms with Gasteiger partial charge in [-0.2, -0.15) is 0 Å². The normalized spacial score (nSPS) is 21.3. The van der Waals surface area contributed by atoms with Crippen molar-refractivity contribution in [3.63, 3.8) is 0 Å². The van der Waals surface area contributed by atoms with E-state index in [4.69, 9.17) is 24.7 Å². The number of unbranched alkanes of at least 4 members (excludes halogenated alkanes) is 15. The molecule has 2 rings (SSSR count). The number of benzene rings is 1. The summed E-state index contributed by atoms with van der Waals surface area (Å²) in [5, 5.41) is 45.5. The zero-order chi connectivity index (χ0) is 45.8. The highest BCUT2D eigenvalue weighted by molar-refractivity contribution is 5.82. The average Bonchev–Trinajstić information content (AvgIpc) is 3.22. The molecule has 62 heavy (non-hydrogen) atoms. The average molecular weight is 879 g/mol. The quantitative estimate of drug-likeness (QED) is 0.0359. The first kappa shape index (κ1) is 55.5. The fraction of sp³-hybridized carbons (Fsp3) is 0.816. The van der Waals surface area contributed by atoms with Crippen molar-refractivity contribution in [2.75, 3.05) is 19.8 Å². The van der Waals surface area contributed by atoms with E-state index in [1.165, 1.54) is 77.0 Å². The molecule has 1 aliphatic rings. The van der Waals surface area contributed by atoms with Crippen LogP contribution in [0.4, 0.5) is 0 Å². The third-order valence-electron chi connectivity index (χ3n) is 11.8. The number of aryl methyl sites for hydroxylation is 1. The topological polar surface area (TPSA) is 207 Å². The van der Waals surface area contributed by atoms with E-state index in [0.29, 0.717) is 19.4 Å². The maximum atomic E-state index is 13.7. The minimum Gasteiger partial charge on any atom is -0.481 e. The molecule has 13 nitrogen and oxygen atoms in total. The summed E-state index contributed by atoms with van der Waals surface area (Å²) in [7, 11) is 0. The molecule has 1 aliphatic heterocycles. The summed E-state index contributed by atoms with van der Waals surface area (Å²) in [4.78, 5) is 39.0. The number of carboxylic acid groups (broad SMARTS) is 1. The van der Waals surface area contributed by atoms with Crippen molar-refractivity contribution in [2.24, 2.45) is 17.6 Å². The Hall–Kier alpha value is -2.65. The van der Waals surface area contributed by atoms with E-state index in [-0.39, 0.29) is 44.8 Å². The molecule has 0 aromatic heterocycles. The maximum Gasteiger partial charge on any atom is 0.306 e. The van der Waals surface area contributed by atoms with Crippen LogP contribution in [-0.4, -0.2) is 106 Å². The Morgan fingerprint density at radius 2 is 1.34 bits per heavy atom. The Kier molecular flexibility index (Phi) is 28.7. The standard InChI is InChI=1S/C49H86N2O11/c1-6-7-8-9-10-11-12-13-14-15-16-17-18-19-20-24-32-60-48-43(54)44(42(53)40(62-48)31-33-59-36(2)35-52)61-41(45(50)55)34-39(46(56)51-49(3,4)5)30-29-38(47(57)58)28-27-37-25-22-21-23-26-37/h21-23,25-26,36,38-44,48,52-54H,6-20,24,27-35H2,1-5H3,(H2,50,55)(H,51,56)(H,57,58). The molecule has 1 fully saturated rings. The van der Waals surface area contributed by atoms with Gasteiger partial charge in [-0.05, 0) is 78.2 Å². The van der Waals surface area contributed by atoms with E-state index in [0.717, 1.165) is 31.2 Å². The first-order valence-corrected chi connectivity index (χ1v) is 24.1. The number of ether oxygens (including phenoxy) is 4. The van der Waals surface area contributed by atoms with Gasteiger partial charge in [-0.1, -0.05) is 134 Å². The number of hydrogen-bond donors (Lipinski definition) is 6. The Balaban J connectivity index is 2.02. The third-order valence-corrected chi connectivity index (χ3v) is 11.8. The van der Waals surface area contributed by atoms with Gasteiger partial charge in [0.2, 0.25) is 11.8 Å². The first-order valence-electron chi connectivity index (χ1n) is 24.1. The number of hydrogen-bond acceptors (Lipinski definition) is 10. The lowest BCUT2D eigenvalue weighted by atomic mass is 9.87. The van der Waals surface area contributed by atoms with Crippen LogP contribution in [0, 0.1) is 11.8 Å². The van der Waals surface area contributed by atoms with Crippen LogP contribution in [0.3, 0.4) is 0 Å². The molecule has 1 aromatic rings. The first-order chi connectivity index (χ1) is 29.7. The van der Waals surface area contributed by atoms with Crippen LogP contribution in [0.5, 0.6) is 0 Å². The second kappa shape index (κ2) is 32.1. The van der Waals surface area contributed by atoms with Crippen molar-refractivity contribution >= 4 is 17.8 Å². The number of carbonyl (C=O) groups excluding carboxylic acids is 2. The summed E-state index contributed by atoms with van der Waals surface area (Å²) < 4.78 is 23.9. The summed E-state index contributed by atoms with van der Waals surface area (Å²) in [5.41, 5.74) is 6.27. The smallest absolute Gasteiger partial charge is 0.306 e. The molecule has 0 spiro atoms. The maximum absolute atomic E-state index is 13.7. The fourth-order valence-corrected chi connectivity index (χ4v) is 8.02. The van der Waals surface area contributed by atoms with Gasteiger partial charge in [-0.15, -0.1) is 0 Å². The van der Waals surface area contributed by atoms with Gasteiger partial charge in [-0.25, -0.2) is 0 Å². The second-order valence-electron chi connectivity index (χ2n) is 18.7. The van der Waals surface area contributed by atoms with Crippen molar-refractivity contribution in [3.05, 3.63) is 35.9 Å². The molecule has 0 bridgehead atoms. The molecule has 9 atom stereocenters. The lowest BCUT2D eigenvalue weighted by molar-refractivity contribution is -0.310. The summed E-state index contributed by atoms with van der Waals surface area (Å²) in [6.45, 7) is 9.68. The van der Waals surface area contributed by atoms with E-state index in [2.05, 4.69) is 12.2 Å². The number of aliphatic hydroxyl groups is 3. The number of amides is 2. The SMILES string of the molecule is CCCCCCCCCCCCCCCCCCOC1OC(CCOC(C)CO)C(O)C(OC(CC(CCC(CCc2ccccc2)C(=O)O)C(=O)NC(C)(C)C)C(N)=O)C1O. The Labute approximate surface area is 373 Å². The van der Waals surface area contributed by atoms with Gasteiger partial charge in [0.25, 0.3) is 0 Å². The Bertz CT molecular complexity index is 1330. The number of aliphatic carboxylic acids is 1. The number of nitrogens with two attached hydrogens (primary N) is 1. The number of rotatable bonds is 36. The van der Waals surface area contributed by atoms with Crippen LogP contribution >= 0.6 is 0 Å². The van der Waals surface area contributed by atoms with Gasteiger partial charge in [-0.3, -0.25) is 14.4 Å². The van der Waals surface area contributed by atoms with Crippen LogP contribution in [0.25, 0.3) is 0 Å². The van der Waals surface area contributed by atoms with Gasteiger partial charge in [0, 0.05) is 24.7 Å². The van der Waals surface area contributed by atoms with Crippen molar-refractivity contribution in [2.45, 2.75) is 224 Å². The zero-order valence-corrected chi connectivity index (χ0v) is 39.0. The van der Waals surface area contributed by atoms with Crippen LogP contribution in [0.1, 0.15) is 175 Å². The third kappa shape index (κ3) is 23.9. The molecule has 2 amide bonds. The highest BCUT2D eigenvalue weighted by Gasteiger charge is 2.47. The van der Waals surface area contributed by atoms with Crippen LogP contribution < -0.4 is 11.1 Å². The molecule has 7 N–H and O–H groups in total. The predicted octanol–water partition coefficient (Wildman–Crippen LogP) is 7.77. The molecule has 0 aliphatic carbocycles. The highest BCUT2D eigenvalue weighted by Crippen LogP contribution is 2.30. The van der Waals surface area contributed by atoms with Gasteiger partial charge in [0.05, 0.1) is 24.7 Å². The molecule has 0 radical (unpaired) electrons. The molecular formula is C49H86N2O11. The van der Waals surface area contributed by atoms with Crippen LogP contribution in [0.15, 0.2) is 30.3 Å². The Morgan fingerprint density at radius 1 is 0.790 bits per heavy atom. The lowest BCUT2D eigenvalue weighted by Crippen LogP contribution is -2.61. The monoisotopic (exact) mass is 879 g/mol. The van der Waals surface area contributed by atoms with E-state index in [9.17, 15) is 34.8 Å². The molecular weight excluding hydrogens is 793 g/mol. The van der Waals surface area contributed by atoms with E-state index < -0.39 is 72.2 Å². The minimum absolute atomic E-state index is 0.126. The second-order valence-corrected chi connectivity index (χ2v) is 18.7. The molecule has 0 saturated carbocycles. The summed E-state index contributed by atoms with van der Waals surface area (Å²) in [6.07, 6.45) is 12.8. The van der Waals surface area contributed by atoms with Crippen molar-refractivity contribution in [1.82, 2.24) is 5.32 Å².